The van der Waals surface area contributed by atoms with E-state index < -0.39 is 5.41 Å². The highest BCUT2D eigenvalue weighted by Gasteiger charge is 2.49. The lowest BCUT2D eigenvalue weighted by atomic mass is 9.67. The van der Waals surface area contributed by atoms with Crippen molar-refractivity contribution in [1.29, 1.82) is 0 Å². The average molecular weight is 297 g/mol. The number of hydrogen-bond donors (Lipinski definition) is 3. The molecule has 0 aromatic heterocycles. The number of nitrogens with two attached hydrogens (primary N) is 1. The van der Waals surface area contributed by atoms with Crippen LogP contribution in [0, 0.1) is 5.41 Å². The zero-order valence-corrected chi connectivity index (χ0v) is 13.0. The lowest BCUT2D eigenvalue weighted by Crippen LogP contribution is -2.57. The summed E-state index contributed by atoms with van der Waals surface area (Å²) in [6.07, 6.45) is 5.79. The molecule has 0 aromatic carbocycles. The maximum Gasteiger partial charge on any atom is 0.234 e. The van der Waals surface area contributed by atoms with Crippen molar-refractivity contribution in [3.8, 4) is 0 Å². The molecule has 21 heavy (non-hydrogen) atoms. The van der Waals surface area contributed by atoms with Crippen molar-refractivity contribution in [3.63, 3.8) is 0 Å². The molecule has 1 aliphatic heterocycles. The van der Waals surface area contributed by atoms with Gasteiger partial charge in [0.15, 0.2) is 5.84 Å². The number of nitrogens with zero attached hydrogens (tertiary/aromatic N) is 1. The third kappa shape index (κ3) is 2.86. The van der Waals surface area contributed by atoms with Gasteiger partial charge in [0.1, 0.15) is 5.41 Å². The van der Waals surface area contributed by atoms with Crippen LogP contribution in [0.4, 0.5) is 0 Å². The van der Waals surface area contributed by atoms with Crippen LogP contribution in [0.2, 0.25) is 0 Å². The van der Waals surface area contributed by atoms with E-state index in [0.717, 1.165) is 32.1 Å². The number of oxime groups is 1. The molecule has 2 fully saturated rings. The highest BCUT2D eigenvalue weighted by molar-refractivity contribution is 6.07. The van der Waals surface area contributed by atoms with Gasteiger partial charge in [-0.15, -0.1) is 0 Å². The Balaban J connectivity index is 2.02. The predicted octanol–water partition coefficient (Wildman–Crippen LogP) is 1.76. The Morgan fingerprint density at radius 2 is 2.10 bits per heavy atom. The molecule has 120 valence electrons. The van der Waals surface area contributed by atoms with Crippen molar-refractivity contribution in [1.82, 2.24) is 5.32 Å². The Labute approximate surface area is 126 Å². The highest BCUT2D eigenvalue weighted by Crippen LogP contribution is 2.42. The number of rotatable bonds is 5. The van der Waals surface area contributed by atoms with E-state index in [0.29, 0.717) is 19.4 Å². The fraction of sp³-hybridized carbons (Fsp3) is 0.867. The van der Waals surface area contributed by atoms with Crippen LogP contribution in [0.25, 0.3) is 0 Å². The SMILES string of the molecule is CCC1(CC)CC(NC(=O)C2(C(N)=NO)CCC2)CCO1. The fourth-order valence-corrected chi connectivity index (χ4v) is 3.44. The first kappa shape index (κ1) is 16.1. The minimum atomic E-state index is -0.797. The van der Waals surface area contributed by atoms with Crippen molar-refractivity contribution < 1.29 is 14.7 Å². The molecule has 0 bridgehead atoms. The molecule has 2 rings (SSSR count). The normalized spacial score (nSPS) is 27.7. The van der Waals surface area contributed by atoms with E-state index in [1.165, 1.54) is 0 Å². The van der Waals surface area contributed by atoms with E-state index in [1.54, 1.807) is 0 Å². The van der Waals surface area contributed by atoms with Gasteiger partial charge in [0.05, 0.1) is 5.60 Å². The molecular formula is C15H27N3O3. The number of carbonyl (C=O) groups is 1. The Bertz CT molecular complexity index is 414. The lowest BCUT2D eigenvalue weighted by Gasteiger charge is -2.43. The van der Waals surface area contributed by atoms with E-state index in [2.05, 4.69) is 24.3 Å². The van der Waals surface area contributed by atoms with Crippen molar-refractivity contribution in [2.45, 2.75) is 70.4 Å². The van der Waals surface area contributed by atoms with Gasteiger partial charge in [-0.05, 0) is 38.5 Å². The number of ether oxygens (including phenoxy) is 1. The molecule has 1 saturated heterocycles. The molecule has 6 nitrogen and oxygen atoms in total. The Kier molecular flexibility index (Phi) is 4.76. The number of amides is 1. The number of amidine groups is 1. The van der Waals surface area contributed by atoms with Crippen LogP contribution in [0.5, 0.6) is 0 Å². The van der Waals surface area contributed by atoms with Gasteiger partial charge in [-0.3, -0.25) is 4.79 Å². The minimum absolute atomic E-state index is 0.0376. The zero-order valence-electron chi connectivity index (χ0n) is 13.0. The van der Waals surface area contributed by atoms with Crippen molar-refractivity contribution in [3.05, 3.63) is 0 Å². The van der Waals surface area contributed by atoms with Crippen LogP contribution in [0.1, 0.15) is 58.8 Å². The second kappa shape index (κ2) is 6.22. The highest BCUT2D eigenvalue weighted by atomic mass is 16.5. The molecule has 1 heterocycles. The summed E-state index contributed by atoms with van der Waals surface area (Å²) in [6.45, 7) is 4.91. The lowest BCUT2D eigenvalue weighted by molar-refractivity contribution is -0.135. The van der Waals surface area contributed by atoms with Crippen LogP contribution in [-0.4, -0.2) is 35.2 Å². The maximum absolute atomic E-state index is 12.6. The molecule has 1 aliphatic carbocycles. The molecule has 0 radical (unpaired) electrons. The third-order valence-corrected chi connectivity index (χ3v) is 5.36. The molecule has 0 spiro atoms. The van der Waals surface area contributed by atoms with Crippen molar-refractivity contribution in [2.24, 2.45) is 16.3 Å². The number of carbonyl (C=O) groups excluding carboxylic acids is 1. The van der Waals surface area contributed by atoms with Gasteiger partial charge in [-0.25, -0.2) is 0 Å². The van der Waals surface area contributed by atoms with E-state index in [1.807, 2.05) is 0 Å². The molecule has 6 heteroatoms. The molecule has 2 aliphatic rings. The van der Waals surface area contributed by atoms with E-state index in [9.17, 15) is 4.79 Å². The van der Waals surface area contributed by atoms with Gasteiger partial charge >= 0.3 is 0 Å². The molecule has 4 N–H and O–H groups in total. The van der Waals surface area contributed by atoms with Crippen LogP contribution < -0.4 is 11.1 Å². The molecule has 0 aromatic rings. The molecule has 1 amide bonds. The van der Waals surface area contributed by atoms with Gasteiger partial charge in [0.25, 0.3) is 0 Å². The van der Waals surface area contributed by atoms with Gasteiger partial charge in [-0.2, -0.15) is 0 Å². The first-order valence-corrected chi connectivity index (χ1v) is 7.95. The standard InChI is InChI=1S/C15H27N3O3/c1-3-14(4-2)10-11(6-9-21-14)17-13(19)15(7-5-8-15)12(16)18-20/h11,20H,3-10H2,1-2H3,(H2,16,18)(H,17,19). The Hall–Kier alpha value is -1.30. The summed E-state index contributed by atoms with van der Waals surface area (Å²) in [6, 6.07) is 0.107. The summed E-state index contributed by atoms with van der Waals surface area (Å²) in [5, 5.41) is 15.1. The number of nitrogens with one attached hydrogen (secondary N) is 1. The van der Waals surface area contributed by atoms with E-state index >= 15 is 0 Å². The maximum atomic E-state index is 12.6. The van der Waals surface area contributed by atoms with Gasteiger partial charge < -0.3 is 21.0 Å². The van der Waals surface area contributed by atoms with Crippen LogP contribution in [-0.2, 0) is 9.53 Å². The molecular weight excluding hydrogens is 270 g/mol. The molecule has 1 saturated carbocycles. The zero-order chi connectivity index (χ0) is 15.5. The summed E-state index contributed by atoms with van der Waals surface area (Å²) < 4.78 is 5.93. The van der Waals surface area contributed by atoms with Crippen molar-refractivity contribution in [2.75, 3.05) is 6.61 Å². The Morgan fingerprint density at radius 1 is 1.43 bits per heavy atom. The Morgan fingerprint density at radius 3 is 2.57 bits per heavy atom. The molecule has 1 unspecified atom stereocenters. The van der Waals surface area contributed by atoms with Crippen LogP contribution in [0.3, 0.4) is 0 Å². The topological polar surface area (TPSA) is 96.9 Å². The fourth-order valence-electron chi connectivity index (χ4n) is 3.44. The average Bonchev–Trinajstić information content (AvgIpc) is 2.45. The molecule has 1 atom stereocenters. The van der Waals surface area contributed by atoms with Crippen LogP contribution >= 0.6 is 0 Å². The van der Waals surface area contributed by atoms with Gasteiger partial charge in [0.2, 0.25) is 5.91 Å². The summed E-state index contributed by atoms with van der Waals surface area (Å²) in [5.74, 6) is -0.0624. The first-order chi connectivity index (χ1) is 10.0. The minimum Gasteiger partial charge on any atom is -0.409 e. The largest absolute Gasteiger partial charge is 0.409 e. The summed E-state index contributed by atoms with van der Waals surface area (Å²) in [4.78, 5) is 12.6. The van der Waals surface area contributed by atoms with E-state index in [-0.39, 0.29) is 23.4 Å². The summed E-state index contributed by atoms with van der Waals surface area (Å²) in [7, 11) is 0. The van der Waals surface area contributed by atoms with E-state index in [4.69, 9.17) is 15.7 Å². The second-order valence-electron chi connectivity index (χ2n) is 6.32. The van der Waals surface area contributed by atoms with Gasteiger partial charge in [0, 0.05) is 12.6 Å². The summed E-state index contributed by atoms with van der Waals surface area (Å²) >= 11 is 0. The second-order valence-corrected chi connectivity index (χ2v) is 6.32. The first-order valence-electron chi connectivity index (χ1n) is 7.95. The number of hydrogen-bond acceptors (Lipinski definition) is 4. The monoisotopic (exact) mass is 297 g/mol. The smallest absolute Gasteiger partial charge is 0.234 e. The predicted molar refractivity (Wildman–Crippen MR) is 80.1 cm³/mol. The van der Waals surface area contributed by atoms with Crippen molar-refractivity contribution >= 4 is 11.7 Å². The third-order valence-electron chi connectivity index (χ3n) is 5.36. The van der Waals surface area contributed by atoms with Crippen LogP contribution in [0.15, 0.2) is 5.16 Å². The van der Waals surface area contributed by atoms with Gasteiger partial charge in [-0.1, -0.05) is 25.4 Å². The summed E-state index contributed by atoms with van der Waals surface area (Å²) in [5.41, 5.74) is 4.82. The quantitative estimate of drug-likeness (QED) is 0.312.